The molecule has 0 spiro atoms. The van der Waals surface area contributed by atoms with E-state index in [1.54, 1.807) is 0 Å². The largest absolute Gasteiger partial charge is 0.443 e. The first-order valence-corrected chi connectivity index (χ1v) is 8.75. The lowest BCUT2D eigenvalue weighted by molar-refractivity contribution is -0.0296. The molecule has 132 valence electrons. The van der Waals surface area contributed by atoms with Crippen LogP contribution in [0.5, 0.6) is 0 Å². The number of amides is 1. The minimum absolute atomic E-state index is 0.0581. The molecule has 4 nitrogen and oxygen atoms in total. The molecule has 1 saturated heterocycles. The topological polar surface area (TPSA) is 41.6 Å². The third-order valence-electron chi connectivity index (χ3n) is 4.22. The Balaban J connectivity index is 1.66. The minimum atomic E-state index is -0.340. The number of nitrogens with one attached hydrogen (secondary N) is 1. The molecule has 0 atom stereocenters. The number of ether oxygens (including phenoxy) is 1. The summed E-state index contributed by atoms with van der Waals surface area (Å²) in [7, 11) is 0. The Morgan fingerprint density at radius 1 is 1.00 bits per heavy atom. The van der Waals surface area contributed by atoms with Crippen molar-refractivity contribution in [3.63, 3.8) is 0 Å². The summed E-state index contributed by atoms with van der Waals surface area (Å²) in [5, 5.41) is 2.85. The summed E-state index contributed by atoms with van der Waals surface area (Å²) in [6.45, 7) is 7.32. The van der Waals surface area contributed by atoms with Crippen LogP contribution in [0.15, 0.2) is 60.7 Å². The molecule has 0 radical (unpaired) electrons. The van der Waals surface area contributed by atoms with Gasteiger partial charge in [0.1, 0.15) is 6.10 Å². The Morgan fingerprint density at radius 2 is 1.48 bits per heavy atom. The molecule has 0 saturated carbocycles. The van der Waals surface area contributed by atoms with Gasteiger partial charge in [-0.05, 0) is 31.9 Å². The number of likely N-dealkylation sites (tertiary alicyclic amines) is 1. The molecule has 3 rings (SSSR count). The third-order valence-corrected chi connectivity index (χ3v) is 4.22. The molecular formula is C21H26N2O2. The molecule has 1 amide bonds. The van der Waals surface area contributed by atoms with E-state index in [2.05, 4.69) is 58.7 Å². The highest BCUT2D eigenvalue weighted by molar-refractivity contribution is 5.68. The van der Waals surface area contributed by atoms with Crippen LogP contribution in [0.4, 0.5) is 4.79 Å². The van der Waals surface area contributed by atoms with Crippen molar-refractivity contribution >= 4 is 6.09 Å². The molecule has 1 aliphatic rings. The van der Waals surface area contributed by atoms with E-state index in [4.69, 9.17) is 4.74 Å². The Bertz CT molecular complexity index is 649. The van der Waals surface area contributed by atoms with Crippen LogP contribution >= 0.6 is 0 Å². The predicted octanol–water partition coefficient (Wildman–Crippen LogP) is 3.98. The van der Waals surface area contributed by atoms with Gasteiger partial charge in [-0.15, -0.1) is 0 Å². The lowest BCUT2D eigenvalue weighted by atomic mass is 9.94. The van der Waals surface area contributed by atoms with Gasteiger partial charge in [-0.2, -0.15) is 0 Å². The molecule has 2 aromatic rings. The van der Waals surface area contributed by atoms with E-state index >= 15 is 0 Å². The van der Waals surface area contributed by atoms with Crippen molar-refractivity contribution in [2.45, 2.75) is 38.5 Å². The molecule has 2 aromatic carbocycles. The smallest absolute Gasteiger partial charge is 0.407 e. The summed E-state index contributed by atoms with van der Waals surface area (Å²) in [6, 6.07) is 21.1. The van der Waals surface area contributed by atoms with E-state index < -0.39 is 0 Å². The van der Waals surface area contributed by atoms with Crippen LogP contribution in [-0.4, -0.2) is 35.7 Å². The number of hydrogen-bond acceptors (Lipinski definition) is 3. The molecule has 1 heterocycles. The van der Waals surface area contributed by atoms with Crippen molar-refractivity contribution in [3.8, 4) is 0 Å². The third kappa shape index (κ3) is 4.60. The first-order chi connectivity index (χ1) is 11.9. The standard InChI is InChI=1S/C21H26N2O2/c1-21(2,3)22-20(24)25-18-14-23(15-18)19(16-10-6-4-7-11-16)17-12-8-5-9-13-17/h4-13,18-19H,14-15H2,1-3H3,(H,22,24). The van der Waals surface area contributed by atoms with Crippen molar-refractivity contribution in [2.24, 2.45) is 0 Å². The fourth-order valence-corrected chi connectivity index (χ4v) is 3.13. The fourth-order valence-electron chi connectivity index (χ4n) is 3.13. The molecule has 0 bridgehead atoms. The number of rotatable bonds is 4. The molecule has 25 heavy (non-hydrogen) atoms. The number of nitrogens with zero attached hydrogens (tertiary/aromatic N) is 1. The molecular weight excluding hydrogens is 312 g/mol. The Morgan fingerprint density at radius 3 is 1.92 bits per heavy atom. The average Bonchev–Trinajstić information content (AvgIpc) is 2.53. The first-order valence-electron chi connectivity index (χ1n) is 8.75. The Kier molecular flexibility index (Phi) is 5.09. The summed E-state index contributed by atoms with van der Waals surface area (Å²) >= 11 is 0. The van der Waals surface area contributed by atoms with E-state index in [1.807, 2.05) is 32.9 Å². The lowest BCUT2D eigenvalue weighted by Gasteiger charge is -2.44. The number of alkyl carbamates (subject to hydrolysis) is 1. The van der Waals surface area contributed by atoms with Crippen molar-refractivity contribution in [2.75, 3.05) is 13.1 Å². The highest BCUT2D eigenvalue weighted by atomic mass is 16.6. The number of carbonyl (C=O) groups excluding carboxylic acids is 1. The van der Waals surface area contributed by atoms with Crippen LogP contribution in [0, 0.1) is 0 Å². The number of carbonyl (C=O) groups is 1. The zero-order valence-corrected chi connectivity index (χ0v) is 15.1. The second-order valence-electron chi connectivity index (χ2n) is 7.58. The summed E-state index contributed by atoms with van der Waals surface area (Å²) in [6.07, 6.45) is -0.398. The first kappa shape index (κ1) is 17.5. The molecule has 0 aromatic heterocycles. The maximum Gasteiger partial charge on any atom is 0.407 e. The van der Waals surface area contributed by atoms with E-state index in [-0.39, 0.29) is 23.8 Å². The fraction of sp³-hybridized carbons (Fsp3) is 0.381. The molecule has 4 heteroatoms. The van der Waals surface area contributed by atoms with Gasteiger partial charge < -0.3 is 10.1 Å². The SMILES string of the molecule is CC(C)(C)NC(=O)OC1CN(C(c2ccccc2)c2ccccc2)C1. The van der Waals surface area contributed by atoms with Crippen molar-refractivity contribution in [1.82, 2.24) is 10.2 Å². The van der Waals surface area contributed by atoms with Gasteiger partial charge in [0.05, 0.1) is 6.04 Å². The Labute approximate surface area is 149 Å². The van der Waals surface area contributed by atoms with Crippen molar-refractivity contribution in [1.29, 1.82) is 0 Å². The van der Waals surface area contributed by atoms with Crippen LogP contribution in [0.2, 0.25) is 0 Å². The van der Waals surface area contributed by atoms with Gasteiger partial charge in [-0.1, -0.05) is 60.7 Å². The minimum Gasteiger partial charge on any atom is -0.443 e. The van der Waals surface area contributed by atoms with Gasteiger partial charge in [0.2, 0.25) is 0 Å². The van der Waals surface area contributed by atoms with Crippen molar-refractivity contribution in [3.05, 3.63) is 71.8 Å². The highest BCUT2D eigenvalue weighted by Gasteiger charge is 2.36. The molecule has 1 N–H and O–H groups in total. The molecule has 1 fully saturated rings. The zero-order chi connectivity index (χ0) is 17.9. The van der Waals surface area contributed by atoms with Gasteiger partial charge in [0.25, 0.3) is 0 Å². The summed E-state index contributed by atoms with van der Waals surface area (Å²) in [5.74, 6) is 0. The van der Waals surface area contributed by atoms with Crippen LogP contribution in [-0.2, 0) is 4.74 Å². The number of hydrogen-bond donors (Lipinski definition) is 1. The van der Waals surface area contributed by atoms with Gasteiger partial charge in [-0.25, -0.2) is 4.79 Å². The van der Waals surface area contributed by atoms with Gasteiger partial charge in [0.15, 0.2) is 0 Å². The number of benzene rings is 2. The van der Waals surface area contributed by atoms with Gasteiger partial charge >= 0.3 is 6.09 Å². The van der Waals surface area contributed by atoms with Crippen LogP contribution in [0.1, 0.15) is 37.9 Å². The average molecular weight is 338 g/mol. The van der Waals surface area contributed by atoms with Crippen LogP contribution in [0.3, 0.4) is 0 Å². The normalized spacial score (nSPS) is 15.7. The van der Waals surface area contributed by atoms with Crippen molar-refractivity contribution < 1.29 is 9.53 Å². The second-order valence-corrected chi connectivity index (χ2v) is 7.58. The van der Waals surface area contributed by atoms with Crippen LogP contribution in [0.25, 0.3) is 0 Å². The second kappa shape index (κ2) is 7.28. The Hall–Kier alpha value is -2.33. The van der Waals surface area contributed by atoms with Gasteiger partial charge in [0, 0.05) is 18.6 Å². The van der Waals surface area contributed by atoms with E-state index in [0.29, 0.717) is 0 Å². The molecule has 0 aliphatic carbocycles. The van der Waals surface area contributed by atoms with E-state index in [9.17, 15) is 4.79 Å². The molecule has 1 aliphatic heterocycles. The highest BCUT2D eigenvalue weighted by Crippen LogP contribution is 2.32. The maximum atomic E-state index is 11.9. The molecule has 0 unspecified atom stereocenters. The summed E-state index contributed by atoms with van der Waals surface area (Å²) in [5.41, 5.74) is 2.23. The predicted molar refractivity (Wildman–Crippen MR) is 99.5 cm³/mol. The van der Waals surface area contributed by atoms with Crippen LogP contribution < -0.4 is 5.32 Å². The van der Waals surface area contributed by atoms with E-state index in [0.717, 1.165) is 13.1 Å². The van der Waals surface area contributed by atoms with E-state index in [1.165, 1.54) is 11.1 Å². The maximum absolute atomic E-state index is 11.9. The zero-order valence-electron chi connectivity index (χ0n) is 15.1. The van der Waals surface area contributed by atoms with Gasteiger partial charge in [-0.3, -0.25) is 4.90 Å². The lowest BCUT2D eigenvalue weighted by Crippen LogP contribution is -2.56. The summed E-state index contributed by atoms with van der Waals surface area (Å²) < 4.78 is 5.52. The monoisotopic (exact) mass is 338 g/mol. The summed E-state index contributed by atoms with van der Waals surface area (Å²) in [4.78, 5) is 14.3. The quantitative estimate of drug-likeness (QED) is 0.917.